The van der Waals surface area contributed by atoms with Gasteiger partial charge in [-0.1, -0.05) is 80.1 Å². The van der Waals surface area contributed by atoms with Crippen LogP contribution in [0.5, 0.6) is 5.75 Å². The van der Waals surface area contributed by atoms with Crippen molar-refractivity contribution >= 4 is 5.97 Å². The van der Waals surface area contributed by atoms with E-state index in [0.717, 1.165) is 49.4 Å². The molecule has 1 aromatic heterocycles. The highest BCUT2D eigenvalue weighted by atomic mass is 16.5. The van der Waals surface area contributed by atoms with Crippen molar-refractivity contribution in [2.75, 3.05) is 14.2 Å². The van der Waals surface area contributed by atoms with Gasteiger partial charge in [0, 0.05) is 31.7 Å². The predicted molar refractivity (Wildman–Crippen MR) is 146 cm³/mol. The Kier molecular flexibility index (Phi) is 9.11. The van der Waals surface area contributed by atoms with Crippen molar-refractivity contribution in [3.63, 3.8) is 0 Å². The Bertz CT molecular complexity index is 1290. The van der Waals surface area contributed by atoms with E-state index in [1.54, 1.807) is 7.11 Å². The minimum Gasteiger partial charge on any atom is -0.496 e. The first-order chi connectivity index (χ1) is 18.1. The van der Waals surface area contributed by atoms with E-state index in [1.165, 1.54) is 18.4 Å². The van der Waals surface area contributed by atoms with Gasteiger partial charge in [-0.2, -0.15) is 0 Å². The Hall–Kier alpha value is -3.90. The molecule has 0 saturated heterocycles. The number of methoxy groups -OCH3 is 2. The van der Waals surface area contributed by atoms with Gasteiger partial charge in [0.15, 0.2) is 0 Å². The highest BCUT2D eigenvalue weighted by Crippen LogP contribution is 2.25. The standard InChI is InChI=1S/C31H35N3O3/c1-4-5-18-34-27(20-32-30(34)26-14-10-7-11-15-26)23-33(21-24-12-8-6-9-13-24)22-25-16-17-29(36-2)28(19-25)31(35)37-3/h6-17,19-20H,4-5,18,21-23H2,1-3H3. The van der Waals surface area contributed by atoms with E-state index in [-0.39, 0.29) is 0 Å². The summed E-state index contributed by atoms with van der Waals surface area (Å²) in [5.74, 6) is 1.11. The molecule has 6 heteroatoms. The van der Waals surface area contributed by atoms with E-state index in [4.69, 9.17) is 14.5 Å². The maximum atomic E-state index is 12.4. The van der Waals surface area contributed by atoms with Gasteiger partial charge in [-0.15, -0.1) is 0 Å². The van der Waals surface area contributed by atoms with Crippen LogP contribution in [-0.2, 0) is 30.9 Å². The summed E-state index contributed by atoms with van der Waals surface area (Å²) >= 11 is 0. The number of hydrogen-bond donors (Lipinski definition) is 0. The van der Waals surface area contributed by atoms with E-state index >= 15 is 0 Å². The molecular formula is C31H35N3O3. The summed E-state index contributed by atoms with van der Waals surface area (Å²) in [7, 11) is 2.95. The summed E-state index contributed by atoms with van der Waals surface area (Å²) in [6, 6.07) is 26.5. The molecule has 1 heterocycles. The molecule has 0 radical (unpaired) electrons. The summed E-state index contributed by atoms with van der Waals surface area (Å²) in [5, 5.41) is 0. The zero-order chi connectivity index (χ0) is 26.0. The lowest BCUT2D eigenvalue weighted by atomic mass is 10.1. The van der Waals surface area contributed by atoms with Gasteiger partial charge in [0.2, 0.25) is 0 Å². The molecule has 37 heavy (non-hydrogen) atoms. The first kappa shape index (κ1) is 26.2. The number of imidazole rings is 1. The smallest absolute Gasteiger partial charge is 0.341 e. The molecule has 0 aliphatic heterocycles. The van der Waals surface area contributed by atoms with Gasteiger partial charge in [0.1, 0.15) is 17.1 Å². The molecule has 0 atom stereocenters. The molecule has 4 aromatic rings. The van der Waals surface area contributed by atoms with Crippen molar-refractivity contribution in [3.05, 3.63) is 107 Å². The Morgan fingerprint density at radius 3 is 2.27 bits per heavy atom. The summed E-state index contributed by atoms with van der Waals surface area (Å²) in [6.45, 7) is 5.27. The fourth-order valence-electron chi connectivity index (χ4n) is 4.54. The predicted octanol–water partition coefficient (Wildman–Crippen LogP) is 6.35. The lowest BCUT2D eigenvalue weighted by Crippen LogP contribution is -2.24. The number of unbranched alkanes of at least 4 members (excludes halogenated alkanes) is 1. The van der Waals surface area contributed by atoms with Crippen molar-refractivity contribution in [2.45, 2.75) is 45.9 Å². The molecule has 4 rings (SSSR count). The van der Waals surface area contributed by atoms with E-state index in [1.807, 2.05) is 36.5 Å². The van der Waals surface area contributed by atoms with E-state index < -0.39 is 5.97 Å². The van der Waals surface area contributed by atoms with Crippen molar-refractivity contribution in [1.29, 1.82) is 0 Å². The molecule has 0 aliphatic rings. The molecule has 0 spiro atoms. The first-order valence-electron chi connectivity index (χ1n) is 12.7. The molecule has 3 aromatic carbocycles. The van der Waals surface area contributed by atoms with Gasteiger partial charge in [-0.05, 0) is 29.7 Å². The normalized spacial score (nSPS) is 11.0. The van der Waals surface area contributed by atoms with Crippen LogP contribution in [-0.4, -0.2) is 34.6 Å². The highest BCUT2D eigenvalue weighted by Gasteiger charge is 2.18. The number of nitrogens with zero attached hydrogens (tertiary/aromatic N) is 3. The quantitative estimate of drug-likeness (QED) is 0.214. The zero-order valence-corrected chi connectivity index (χ0v) is 21.9. The van der Waals surface area contributed by atoms with Crippen LogP contribution in [0.2, 0.25) is 0 Å². The third-order valence-electron chi connectivity index (χ3n) is 6.42. The van der Waals surface area contributed by atoms with Gasteiger partial charge in [-0.25, -0.2) is 9.78 Å². The number of rotatable bonds is 12. The molecule has 0 amide bonds. The number of carbonyl (C=O) groups is 1. The monoisotopic (exact) mass is 497 g/mol. The van der Waals surface area contributed by atoms with Crippen LogP contribution in [0.15, 0.2) is 85.1 Å². The van der Waals surface area contributed by atoms with Crippen molar-refractivity contribution < 1.29 is 14.3 Å². The van der Waals surface area contributed by atoms with Crippen LogP contribution in [0.4, 0.5) is 0 Å². The summed E-state index contributed by atoms with van der Waals surface area (Å²) in [5.41, 5.74) is 4.97. The molecule has 0 N–H and O–H groups in total. The molecule has 0 aliphatic carbocycles. The second kappa shape index (κ2) is 12.9. The number of hydrogen-bond acceptors (Lipinski definition) is 5. The summed E-state index contributed by atoms with van der Waals surface area (Å²) in [6.07, 6.45) is 4.20. The van der Waals surface area contributed by atoms with Crippen LogP contribution < -0.4 is 4.74 Å². The Morgan fingerprint density at radius 1 is 0.892 bits per heavy atom. The lowest BCUT2D eigenvalue weighted by Gasteiger charge is -2.24. The minimum atomic E-state index is -0.404. The molecule has 0 fully saturated rings. The third-order valence-corrected chi connectivity index (χ3v) is 6.42. The number of carbonyl (C=O) groups excluding carboxylic acids is 1. The Balaban J connectivity index is 1.67. The maximum absolute atomic E-state index is 12.4. The van der Waals surface area contributed by atoms with E-state index in [9.17, 15) is 4.79 Å². The van der Waals surface area contributed by atoms with Crippen LogP contribution in [0.1, 0.15) is 46.9 Å². The van der Waals surface area contributed by atoms with Gasteiger partial charge in [0.25, 0.3) is 0 Å². The Labute approximate surface area is 219 Å². The van der Waals surface area contributed by atoms with Gasteiger partial charge in [-0.3, -0.25) is 4.90 Å². The van der Waals surface area contributed by atoms with Crippen LogP contribution >= 0.6 is 0 Å². The van der Waals surface area contributed by atoms with Gasteiger partial charge >= 0.3 is 5.97 Å². The molecule has 0 bridgehead atoms. The molecular weight excluding hydrogens is 462 g/mol. The SMILES string of the molecule is CCCCn1c(CN(Cc2ccccc2)Cc2ccc(OC)c(C(=O)OC)c2)cnc1-c1ccccc1. The summed E-state index contributed by atoms with van der Waals surface area (Å²) < 4.78 is 12.7. The van der Waals surface area contributed by atoms with Crippen LogP contribution in [0, 0.1) is 0 Å². The van der Waals surface area contributed by atoms with Crippen molar-refractivity contribution in [3.8, 4) is 17.1 Å². The number of benzene rings is 3. The third kappa shape index (κ3) is 6.66. The van der Waals surface area contributed by atoms with Crippen molar-refractivity contribution in [1.82, 2.24) is 14.5 Å². The molecule has 0 saturated carbocycles. The average molecular weight is 498 g/mol. The van der Waals surface area contributed by atoms with Crippen LogP contribution in [0.3, 0.4) is 0 Å². The molecule has 192 valence electrons. The van der Waals surface area contributed by atoms with E-state index in [0.29, 0.717) is 17.9 Å². The fraction of sp³-hybridized carbons (Fsp3) is 0.290. The van der Waals surface area contributed by atoms with Crippen LogP contribution in [0.25, 0.3) is 11.4 Å². The number of aromatic nitrogens is 2. The Morgan fingerprint density at radius 2 is 1.59 bits per heavy atom. The van der Waals surface area contributed by atoms with Crippen molar-refractivity contribution in [2.24, 2.45) is 0 Å². The van der Waals surface area contributed by atoms with Gasteiger partial charge in [0.05, 0.1) is 26.1 Å². The van der Waals surface area contributed by atoms with E-state index in [2.05, 4.69) is 64.9 Å². The number of ether oxygens (including phenoxy) is 2. The fourth-order valence-corrected chi connectivity index (χ4v) is 4.54. The number of esters is 1. The lowest BCUT2D eigenvalue weighted by molar-refractivity contribution is 0.0596. The molecule has 0 unspecified atom stereocenters. The second-order valence-electron chi connectivity index (χ2n) is 9.10. The molecule has 6 nitrogen and oxygen atoms in total. The maximum Gasteiger partial charge on any atom is 0.341 e. The summed E-state index contributed by atoms with van der Waals surface area (Å²) in [4.78, 5) is 19.6. The average Bonchev–Trinajstić information content (AvgIpc) is 3.34. The zero-order valence-electron chi connectivity index (χ0n) is 21.9. The topological polar surface area (TPSA) is 56.6 Å². The first-order valence-corrected chi connectivity index (χ1v) is 12.7. The minimum absolute atomic E-state index is 0.404. The second-order valence-corrected chi connectivity index (χ2v) is 9.10. The highest BCUT2D eigenvalue weighted by molar-refractivity contribution is 5.92. The largest absolute Gasteiger partial charge is 0.496 e. The van der Waals surface area contributed by atoms with Gasteiger partial charge < -0.3 is 14.0 Å².